The van der Waals surface area contributed by atoms with E-state index in [2.05, 4.69) is 15.5 Å². The smallest absolute Gasteiger partial charge is 0.322 e. The molecule has 0 aliphatic heterocycles. The number of rotatable bonds is 6. The number of ether oxygens (including phenoxy) is 1. The summed E-state index contributed by atoms with van der Waals surface area (Å²) in [5, 5.41) is 7.49. The SMILES string of the molecule is COc1ccccc1NC(=O)N(Cc1nc(-c2ccc(Cl)cc2)no1)C(C)C. The van der Waals surface area contributed by atoms with E-state index in [0.717, 1.165) is 5.56 Å². The number of nitrogens with one attached hydrogen (secondary N) is 1. The zero-order chi connectivity index (χ0) is 20.1. The molecule has 7 nitrogen and oxygen atoms in total. The number of methoxy groups -OCH3 is 1. The molecule has 1 N–H and O–H groups in total. The predicted molar refractivity (Wildman–Crippen MR) is 107 cm³/mol. The van der Waals surface area contributed by atoms with E-state index in [-0.39, 0.29) is 18.6 Å². The van der Waals surface area contributed by atoms with Gasteiger partial charge in [-0.2, -0.15) is 4.98 Å². The highest BCUT2D eigenvalue weighted by Crippen LogP contribution is 2.24. The summed E-state index contributed by atoms with van der Waals surface area (Å²) >= 11 is 5.91. The Morgan fingerprint density at radius 1 is 1.21 bits per heavy atom. The normalized spacial score (nSPS) is 10.8. The van der Waals surface area contributed by atoms with Crippen molar-refractivity contribution in [2.24, 2.45) is 0 Å². The molecular weight excluding hydrogens is 380 g/mol. The van der Waals surface area contributed by atoms with Gasteiger partial charge < -0.3 is 19.5 Å². The standard InChI is InChI=1S/C20H21ClN4O3/c1-13(2)25(20(26)22-16-6-4-5-7-17(16)27-3)12-18-23-19(24-28-18)14-8-10-15(21)11-9-14/h4-11,13H,12H2,1-3H3,(H,22,26). The van der Waals surface area contributed by atoms with E-state index in [1.54, 1.807) is 36.3 Å². The van der Waals surface area contributed by atoms with E-state index in [1.165, 1.54) is 0 Å². The van der Waals surface area contributed by atoms with E-state index in [9.17, 15) is 4.79 Å². The molecule has 0 atom stereocenters. The Morgan fingerprint density at radius 3 is 2.61 bits per heavy atom. The van der Waals surface area contributed by atoms with Crippen LogP contribution in [0.4, 0.5) is 10.5 Å². The largest absolute Gasteiger partial charge is 0.495 e. The number of carbonyl (C=O) groups is 1. The highest BCUT2D eigenvalue weighted by molar-refractivity contribution is 6.30. The van der Waals surface area contributed by atoms with Crippen LogP contribution in [0, 0.1) is 0 Å². The number of amides is 2. The summed E-state index contributed by atoms with van der Waals surface area (Å²) in [7, 11) is 1.56. The third kappa shape index (κ3) is 4.61. The maximum absolute atomic E-state index is 12.8. The second kappa shape index (κ2) is 8.75. The van der Waals surface area contributed by atoms with Crippen LogP contribution in [-0.4, -0.2) is 34.2 Å². The van der Waals surface area contributed by atoms with Crippen LogP contribution in [0.3, 0.4) is 0 Å². The Morgan fingerprint density at radius 2 is 1.93 bits per heavy atom. The number of hydrogen-bond donors (Lipinski definition) is 1. The predicted octanol–water partition coefficient (Wildman–Crippen LogP) is 4.84. The van der Waals surface area contributed by atoms with Gasteiger partial charge in [0.1, 0.15) is 12.3 Å². The van der Waals surface area contributed by atoms with Gasteiger partial charge in [-0.15, -0.1) is 0 Å². The van der Waals surface area contributed by atoms with Crippen molar-refractivity contribution in [2.45, 2.75) is 26.4 Å². The molecular formula is C20H21ClN4O3. The number of urea groups is 1. The monoisotopic (exact) mass is 400 g/mol. The summed E-state index contributed by atoms with van der Waals surface area (Å²) in [6, 6.07) is 14.0. The number of hydrogen-bond acceptors (Lipinski definition) is 5. The van der Waals surface area contributed by atoms with Crippen LogP contribution in [-0.2, 0) is 6.54 Å². The van der Waals surface area contributed by atoms with Gasteiger partial charge in [0.2, 0.25) is 11.7 Å². The quantitative estimate of drug-likeness (QED) is 0.640. The maximum Gasteiger partial charge on any atom is 0.322 e. The number of aromatic nitrogens is 2. The zero-order valence-corrected chi connectivity index (χ0v) is 16.6. The Kier molecular flexibility index (Phi) is 6.16. The molecule has 3 rings (SSSR count). The molecule has 28 heavy (non-hydrogen) atoms. The number of benzene rings is 2. The van der Waals surface area contributed by atoms with Crippen molar-refractivity contribution < 1.29 is 14.1 Å². The molecule has 1 heterocycles. The van der Waals surface area contributed by atoms with Gasteiger partial charge in [0.05, 0.1) is 12.8 Å². The van der Waals surface area contributed by atoms with Crippen LogP contribution >= 0.6 is 11.6 Å². The summed E-state index contributed by atoms with van der Waals surface area (Å²) in [5.41, 5.74) is 1.38. The van der Waals surface area contributed by atoms with Crippen molar-refractivity contribution in [1.82, 2.24) is 15.0 Å². The lowest BCUT2D eigenvalue weighted by molar-refractivity contribution is 0.182. The molecule has 0 saturated heterocycles. The minimum absolute atomic E-state index is 0.0828. The van der Waals surface area contributed by atoms with Crippen molar-refractivity contribution in [3.05, 3.63) is 59.4 Å². The zero-order valence-electron chi connectivity index (χ0n) is 15.8. The average Bonchev–Trinajstić information content (AvgIpc) is 3.15. The van der Waals surface area contributed by atoms with Gasteiger partial charge in [-0.3, -0.25) is 0 Å². The summed E-state index contributed by atoms with van der Waals surface area (Å²) in [4.78, 5) is 18.8. The molecule has 2 aromatic carbocycles. The highest BCUT2D eigenvalue weighted by atomic mass is 35.5. The van der Waals surface area contributed by atoms with Crippen molar-refractivity contribution in [1.29, 1.82) is 0 Å². The van der Waals surface area contributed by atoms with Crippen molar-refractivity contribution in [2.75, 3.05) is 12.4 Å². The van der Waals surface area contributed by atoms with E-state index in [0.29, 0.717) is 28.2 Å². The third-order valence-electron chi connectivity index (χ3n) is 4.11. The molecule has 0 radical (unpaired) electrons. The molecule has 0 aliphatic carbocycles. The lowest BCUT2D eigenvalue weighted by Gasteiger charge is -2.25. The first-order valence-corrected chi connectivity index (χ1v) is 9.15. The third-order valence-corrected chi connectivity index (χ3v) is 4.36. The van der Waals surface area contributed by atoms with Gasteiger partial charge in [-0.05, 0) is 50.2 Å². The second-order valence-electron chi connectivity index (χ2n) is 6.37. The average molecular weight is 401 g/mol. The van der Waals surface area contributed by atoms with Crippen LogP contribution in [0.5, 0.6) is 5.75 Å². The molecule has 0 spiro atoms. The summed E-state index contributed by atoms with van der Waals surface area (Å²) in [6.07, 6.45) is 0. The number of carbonyl (C=O) groups excluding carboxylic acids is 1. The van der Waals surface area contributed by atoms with Crippen molar-refractivity contribution in [3.63, 3.8) is 0 Å². The number of para-hydroxylation sites is 2. The van der Waals surface area contributed by atoms with E-state index in [4.69, 9.17) is 20.9 Å². The molecule has 3 aromatic rings. The van der Waals surface area contributed by atoms with E-state index < -0.39 is 0 Å². The van der Waals surface area contributed by atoms with Crippen LogP contribution in [0.2, 0.25) is 5.02 Å². The van der Waals surface area contributed by atoms with Gasteiger partial charge in [0.25, 0.3) is 0 Å². The number of halogens is 1. The van der Waals surface area contributed by atoms with Gasteiger partial charge in [-0.25, -0.2) is 4.79 Å². The minimum atomic E-state index is -0.286. The topological polar surface area (TPSA) is 80.5 Å². The van der Waals surface area contributed by atoms with Crippen molar-refractivity contribution in [3.8, 4) is 17.1 Å². The van der Waals surface area contributed by atoms with Gasteiger partial charge in [0, 0.05) is 16.6 Å². The second-order valence-corrected chi connectivity index (χ2v) is 6.81. The molecule has 0 unspecified atom stereocenters. The first-order valence-electron chi connectivity index (χ1n) is 8.77. The molecule has 0 aliphatic rings. The fourth-order valence-corrected chi connectivity index (χ4v) is 2.73. The van der Waals surface area contributed by atoms with Crippen LogP contribution in [0.1, 0.15) is 19.7 Å². The van der Waals surface area contributed by atoms with E-state index >= 15 is 0 Å². The van der Waals surface area contributed by atoms with Crippen LogP contribution in [0.15, 0.2) is 53.1 Å². The molecule has 0 bridgehead atoms. The van der Waals surface area contributed by atoms with Crippen LogP contribution in [0.25, 0.3) is 11.4 Å². The van der Waals surface area contributed by atoms with Gasteiger partial charge in [0.15, 0.2) is 0 Å². The Bertz CT molecular complexity index is 941. The fraction of sp³-hybridized carbons (Fsp3) is 0.250. The summed E-state index contributed by atoms with van der Waals surface area (Å²) in [5.74, 6) is 1.37. The molecule has 8 heteroatoms. The number of nitrogens with zero attached hydrogens (tertiary/aromatic N) is 3. The Labute approximate surface area is 168 Å². The number of anilines is 1. The molecule has 146 valence electrons. The lowest BCUT2D eigenvalue weighted by Crippen LogP contribution is -2.39. The molecule has 0 saturated carbocycles. The lowest BCUT2D eigenvalue weighted by atomic mass is 10.2. The van der Waals surface area contributed by atoms with Gasteiger partial charge >= 0.3 is 6.03 Å². The molecule has 0 fully saturated rings. The summed E-state index contributed by atoms with van der Waals surface area (Å²) < 4.78 is 10.6. The first-order chi connectivity index (χ1) is 13.5. The molecule has 1 aromatic heterocycles. The van der Waals surface area contributed by atoms with Crippen LogP contribution < -0.4 is 10.1 Å². The van der Waals surface area contributed by atoms with Crippen molar-refractivity contribution >= 4 is 23.3 Å². The maximum atomic E-state index is 12.8. The summed E-state index contributed by atoms with van der Waals surface area (Å²) in [6.45, 7) is 4.01. The first kappa shape index (κ1) is 19.7. The highest BCUT2D eigenvalue weighted by Gasteiger charge is 2.22. The van der Waals surface area contributed by atoms with E-state index in [1.807, 2.05) is 38.1 Å². The fourth-order valence-electron chi connectivity index (χ4n) is 2.60. The minimum Gasteiger partial charge on any atom is -0.495 e. The Hall–Kier alpha value is -3.06. The Balaban J connectivity index is 1.74. The molecule has 2 amide bonds. The van der Waals surface area contributed by atoms with Gasteiger partial charge in [-0.1, -0.05) is 28.9 Å².